The van der Waals surface area contributed by atoms with Crippen molar-refractivity contribution in [3.05, 3.63) is 23.8 Å². The molecule has 0 saturated carbocycles. The highest BCUT2D eigenvalue weighted by Crippen LogP contribution is 2.23. The van der Waals surface area contributed by atoms with Gasteiger partial charge in [-0.15, -0.1) is 0 Å². The molecule has 0 aliphatic heterocycles. The van der Waals surface area contributed by atoms with Gasteiger partial charge in [0.1, 0.15) is 5.75 Å². The van der Waals surface area contributed by atoms with Gasteiger partial charge in [-0.2, -0.15) is 0 Å². The molecule has 0 bridgehead atoms. The normalized spacial score (nSPS) is 9.83. The molecule has 0 atom stereocenters. The zero-order valence-corrected chi connectivity index (χ0v) is 7.21. The van der Waals surface area contributed by atoms with Crippen LogP contribution in [-0.2, 0) is 6.42 Å². The van der Waals surface area contributed by atoms with Crippen LogP contribution in [0.2, 0.25) is 0 Å². The molecule has 1 rings (SSSR count). The predicted octanol–water partition coefficient (Wildman–Crippen LogP) is 0.779. The molecule has 0 radical (unpaired) electrons. The minimum absolute atomic E-state index is 0.588. The lowest BCUT2D eigenvalue weighted by atomic mass is 10.1. The van der Waals surface area contributed by atoms with Gasteiger partial charge in [0, 0.05) is 11.3 Å². The highest BCUT2D eigenvalue weighted by molar-refractivity contribution is 5.54. The van der Waals surface area contributed by atoms with E-state index in [1.807, 2.05) is 18.2 Å². The van der Waals surface area contributed by atoms with E-state index in [-0.39, 0.29) is 0 Å². The van der Waals surface area contributed by atoms with E-state index in [0.717, 1.165) is 23.4 Å². The quantitative estimate of drug-likeness (QED) is 0.652. The van der Waals surface area contributed by atoms with E-state index in [4.69, 9.17) is 16.2 Å². The second kappa shape index (κ2) is 3.97. The SMILES string of the molecule is COc1cccc(N)c1CCN. The van der Waals surface area contributed by atoms with Crippen molar-refractivity contribution >= 4 is 5.69 Å². The van der Waals surface area contributed by atoms with E-state index < -0.39 is 0 Å². The van der Waals surface area contributed by atoms with Gasteiger partial charge in [-0.1, -0.05) is 6.07 Å². The Kier molecular flexibility index (Phi) is 2.94. The maximum atomic E-state index is 5.75. The first-order chi connectivity index (χ1) is 5.79. The Labute approximate surface area is 72.3 Å². The standard InChI is InChI=1S/C9H14N2O/c1-12-9-4-2-3-8(11)7(9)5-6-10/h2-4H,5-6,10-11H2,1H3. The monoisotopic (exact) mass is 166 g/mol. The first kappa shape index (κ1) is 8.87. The molecule has 0 fully saturated rings. The lowest BCUT2D eigenvalue weighted by Crippen LogP contribution is -2.06. The van der Waals surface area contributed by atoms with Crippen LogP contribution in [0.4, 0.5) is 5.69 Å². The van der Waals surface area contributed by atoms with Crippen LogP contribution < -0.4 is 16.2 Å². The highest BCUT2D eigenvalue weighted by Gasteiger charge is 2.04. The summed E-state index contributed by atoms with van der Waals surface area (Å²) < 4.78 is 5.14. The molecular formula is C9H14N2O. The van der Waals surface area contributed by atoms with Gasteiger partial charge in [-0.05, 0) is 25.1 Å². The predicted molar refractivity (Wildman–Crippen MR) is 50.2 cm³/mol. The van der Waals surface area contributed by atoms with Gasteiger partial charge in [-0.25, -0.2) is 0 Å². The summed E-state index contributed by atoms with van der Waals surface area (Å²) in [5.41, 5.74) is 12.9. The summed E-state index contributed by atoms with van der Waals surface area (Å²) in [5, 5.41) is 0. The summed E-state index contributed by atoms with van der Waals surface area (Å²) in [7, 11) is 1.63. The van der Waals surface area contributed by atoms with E-state index in [0.29, 0.717) is 6.54 Å². The van der Waals surface area contributed by atoms with Gasteiger partial charge in [0.2, 0.25) is 0 Å². The van der Waals surface area contributed by atoms with Crippen LogP contribution in [0.25, 0.3) is 0 Å². The number of hydrogen-bond acceptors (Lipinski definition) is 3. The molecule has 66 valence electrons. The number of ether oxygens (including phenoxy) is 1. The van der Waals surface area contributed by atoms with Crippen molar-refractivity contribution in [2.75, 3.05) is 19.4 Å². The van der Waals surface area contributed by atoms with Crippen molar-refractivity contribution in [3.8, 4) is 5.75 Å². The summed E-state index contributed by atoms with van der Waals surface area (Å²) in [5.74, 6) is 0.820. The van der Waals surface area contributed by atoms with Gasteiger partial charge in [0.15, 0.2) is 0 Å². The van der Waals surface area contributed by atoms with Crippen LogP contribution in [0.5, 0.6) is 5.75 Å². The minimum atomic E-state index is 0.588. The Balaban J connectivity index is 3.02. The number of nitrogen functional groups attached to an aromatic ring is 1. The number of methoxy groups -OCH3 is 1. The minimum Gasteiger partial charge on any atom is -0.496 e. The highest BCUT2D eigenvalue weighted by atomic mass is 16.5. The van der Waals surface area contributed by atoms with Crippen molar-refractivity contribution in [3.63, 3.8) is 0 Å². The molecule has 1 aromatic rings. The second-order valence-electron chi connectivity index (χ2n) is 2.57. The first-order valence-electron chi connectivity index (χ1n) is 3.91. The van der Waals surface area contributed by atoms with Crippen LogP contribution in [0, 0.1) is 0 Å². The third-order valence-corrected chi connectivity index (χ3v) is 1.78. The van der Waals surface area contributed by atoms with Crippen molar-refractivity contribution in [1.82, 2.24) is 0 Å². The van der Waals surface area contributed by atoms with E-state index in [1.54, 1.807) is 7.11 Å². The molecule has 3 nitrogen and oxygen atoms in total. The fourth-order valence-corrected chi connectivity index (χ4v) is 1.19. The molecule has 12 heavy (non-hydrogen) atoms. The average molecular weight is 166 g/mol. The Bertz CT molecular complexity index is 261. The Hall–Kier alpha value is -1.22. The lowest BCUT2D eigenvalue weighted by Gasteiger charge is -2.09. The molecule has 0 aliphatic rings. The van der Waals surface area contributed by atoms with E-state index in [2.05, 4.69) is 0 Å². The van der Waals surface area contributed by atoms with Gasteiger partial charge in [-0.3, -0.25) is 0 Å². The molecule has 0 heterocycles. The summed E-state index contributed by atoms with van der Waals surface area (Å²) in [6.07, 6.45) is 0.760. The smallest absolute Gasteiger partial charge is 0.124 e. The van der Waals surface area contributed by atoms with Gasteiger partial charge in [0.05, 0.1) is 7.11 Å². The molecule has 3 heteroatoms. The Morgan fingerprint density at radius 1 is 1.42 bits per heavy atom. The second-order valence-corrected chi connectivity index (χ2v) is 2.57. The number of rotatable bonds is 3. The number of benzene rings is 1. The van der Waals surface area contributed by atoms with Crippen LogP contribution in [-0.4, -0.2) is 13.7 Å². The number of nitrogens with two attached hydrogens (primary N) is 2. The fraction of sp³-hybridized carbons (Fsp3) is 0.333. The van der Waals surface area contributed by atoms with Crippen molar-refractivity contribution in [2.45, 2.75) is 6.42 Å². The van der Waals surface area contributed by atoms with E-state index >= 15 is 0 Å². The first-order valence-corrected chi connectivity index (χ1v) is 3.91. The summed E-state index contributed by atoms with van der Waals surface area (Å²) in [6, 6.07) is 5.61. The zero-order valence-electron chi connectivity index (χ0n) is 7.21. The van der Waals surface area contributed by atoms with Crippen LogP contribution in [0.1, 0.15) is 5.56 Å². The summed E-state index contributed by atoms with van der Waals surface area (Å²) in [4.78, 5) is 0. The molecule has 0 aromatic heterocycles. The molecular weight excluding hydrogens is 152 g/mol. The molecule has 0 amide bonds. The average Bonchev–Trinajstić information content (AvgIpc) is 2.09. The zero-order chi connectivity index (χ0) is 8.97. The number of anilines is 1. The maximum Gasteiger partial charge on any atom is 0.124 e. The van der Waals surface area contributed by atoms with E-state index in [9.17, 15) is 0 Å². The van der Waals surface area contributed by atoms with Crippen molar-refractivity contribution in [1.29, 1.82) is 0 Å². The van der Waals surface area contributed by atoms with Gasteiger partial charge < -0.3 is 16.2 Å². The molecule has 0 saturated heterocycles. The Morgan fingerprint density at radius 3 is 2.75 bits per heavy atom. The van der Waals surface area contributed by atoms with E-state index in [1.165, 1.54) is 0 Å². The van der Waals surface area contributed by atoms with Crippen LogP contribution in [0.3, 0.4) is 0 Å². The van der Waals surface area contributed by atoms with Crippen molar-refractivity contribution in [2.24, 2.45) is 5.73 Å². The molecule has 0 spiro atoms. The number of hydrogen-bond donors (Lipinski definition) is 2. The maximum absolute atomic E-state index is 5.75. The van der Waals surface area contributed by atoms with Gasteiger partial charge in [0.25, 0.3) is 0 Å². The molecule has 0 aliphatic carbocycles. The third-order valence-electron chi connectivity index (χ3n) is 1.78. The third kappa shape index (κ3) is 1.68. The Morgan fingerprint density at radius 2 is 2.17 bits per heavy atom. The molecule has 1 aromatic carbocycles. The molecule has 0 unspecified atom stereocenters. The molecule has 4 N–H and O–H groups in total. The topological polar surface area (TPSA) is 61.3 Å². The summed E-state index contributed by atoms with van der Waals surface area (Å²) >= 11 is 0. The van der Waals surface area contributed by atoms with Crippen molar-refractivity contribution < 1.29 is 4.74 Å². The lowest BCUT2D eigenvalue weighted by molar-refractivity contribution is 0.410. The summed E-state index contributed by atoms with van der Waals surface area (Å²) in [6.45, 7) is 0.588. The fourth-order valence-electron chi connectivity index (χ4n) is 1.19. The largest absolute Gasteiger partial charge is 0.496 e. The van der Waals surface area contributed by atoms with Crippen LogP contribution >= 0.6 is 0 Å². The van der Waals surface area contributed by atoms with Gasteiger partial charge >= 0.3 is 0 Å². The van der Waals surface area contributed by atoms with Crippen LogP contribution in [0.15, 0.2) is 18.2 Å².